The normalized spacial score (nSPS) is 10.1. The number of hydrogen-bond donors (Lipinski definition) is 2. The standard InChI is InChI=1S/C20H22N2O5S/c1-3-27-17-11-7-6-10-16(17)22-19(24)13-28-12-18(23)21-15-9-5-4-8-14(15)20(25)26-2/h4-11H,3,12-13H2,1-2H3,(H,21,23)(H,22,24). The van der Waals surface area contributed by atoms with Gasteiger partial charge in [-0.3, -0.25) is 9.59 Å². The highest BCUT2D eigenvalue weighted by atomic mass is 32.2. The summed E-state index contributed by atoms with van der Waals surface area (Å²) in [6.07, 6.45) is 0. The van der Waals surface area contributed by atoms with Gasteiger partial charge in [-0.15, -0.1) is 11.8 Å². The maximum absolute atomic E-state index is 12.1. The van der Waals surface area contributed by atoms with Gasteiger partial charge in [-0.25, -0.2) is 4.79 Å². The first kappa shape index (κ1) is 21.3. The summed E-state index contributed by atoms with van der Waals surface area (Å²) < 4.78 is 10.2. The molecule has 2 rings (SSSR count). The van der Waals surface area contributed by atoms with Crippen LogP contribution in [-0.4, -0.2) is 43.0 Å². The van der Waals surface area contributed by atoms with Crippen LogP contribution >= 0.6 is 11.8 Å². The van der Waals surface area contributed by atoms with Crippen molar-refractivity contribution in [1.29, 1.82) is 0 Å². The highest BCUT2D eigenvalue weighted by Gasteiger charge is 2.14. The molecule has 0 fully saturated rings. The number of nitrogens with one attached hydrogen (secondary N) is 2. The molecule has 0 radical (unpaired) electrons. The zero-order valence-corrected chi connectivity index (χ0v) is 16.5. The van der Waals surface area contributed by atoms with E-state index in [4.69, 9.17) is 9.47 Å². The van der Waals surface area contributed by atoms with E-state index in [1.54, 1.807) is 42.5 Å². The molecule has 0 bridgehead atoms. The number of ether oxygens (including phenoxy) is 2. The van der Waals surface area contributed by atoms with Gasteiger partial charge >= 0.3 is 5.97 Å². The molecule has 0 saturated carbocycles. The number of carbonyl (C=O) groups excluding carboxylic acids is 3. The molecular formula is C20H22N2O5S. The van der Waals surface area contributed by atoms with Crippen molar-refractivity contribution in [2.24, 2.45) is 0 Å². The Kier molecular flexibility index (Phi) is 8.36. The minimum Gasteiger partial charge on any atom is -0.492 e. The van der Waals surface area contributed by atoms with Gasteiger partial charge in [0.25, 0.3) is 0 Å². The lowest BCUT2D eigenvalue weighted by atomic mass is 10.2. The predicted molar refractivity (Wildman–Crippen MR) is 110 cm³/mol. The van der Waals surface area contributed by atoms with E-state index in [-0.39, 0.29) is 28.9 Å². The number of hydrogen-bond acceptors (Lipinski definition) is 6. The van der Waals surface area contributed by atoms with Crippen molar-refractivity contribution < 1.29 is 23.9 Å². The maximum atomic E-state index is 12.1. The molecule has 2 aromatic carbocycles. The number of amides is 2. The van der Waals surface area contributed by atoms with Crippen LogP contribution in [0.25, 0.3) is 0 Å². The number of para-hydroxylation sites is 3. The van der Waals surface area contributed by atoms with Gasteiger partial charge in [-0.1, -0.05) is 24.3 Å². The topological polar surface area (TPSA) is 93.7 Å². The second kappa shape index (κ2) is 11.0. The molecular weight excluding hydrogens is 380 g/mol. The third-order valence-corrected chi connectivity index (χ3v) is 4.47. The summed E-state index contributed by atoms with van der Waals surface area (Å²) in [7, 11) is 1.28. The molecule has 2 N–H and O–H groups in total. The van der Waals surface area contributed by atoms with Crippen molar-refractivity contribution in [2.45, 2.75) is 6.92 Å². The number of anilines is 2. The molecule has 2 amide bonds. The Morgan fingerprint density at radius 2 is 1.46 bits per heavy atom. The van der Waals surface area contributed by atoms with Gasteiger partial charge in [0.2, 0.25) is 11.8 Å². The van der Waals surface area contributed by atoms with Crippen LogP contribution in [0.15, 0.2) is 48.5 Å². The Morgan fingerprint density at radius 3 is 2.11 bits per heavy atom. The fourth-order valence-corrected chi connectivity index (χ4v) is 2.96. The van der Waals surface area contributed by atoms with E-state index in [1.807, 2.05) is 13.0 Å². The van der Waals surface area contributed by atoms with Crippen LogP contribution in [-0.2, 0) is 14.3 Å². The molecule has 8 heteroatoms. The van der Waals surface area contributed by atoms with Gasteiger partial charge in [0.05, 0.1) is 42.2 Å². The van der Waals surface area contributed by atoms with Gasteiger partial charge < -0.3 is 20.1 Å². The van der Waals surface area contributed by atoms with Crippen LogP contribution in [0, 0.1) is 0 Å². The summed E-state index contributed by atoms with van der Waals surface area (Å²) in [5, 5.41) is 5.44. The van der Waals surface area contributed by atoms with Crippen molar-refractivity contribution in [3.8, 4) is 5.75 Å². The van der Waals surface area contributed by atoms with Crippen molar-refractivity contribution in [1.82, 2.24) is 0 Å². The quantitative estimate of drug-likeness (QED) is 0.626. The highest BCUT2D eigenvalue weighted by molar-refractivity contribution is 8.00. The second-order valence-electron chi connectivity index (χ2n) is 5.56. The average Bonchev–Trinajstić information content (AvgIpc) is 2.69. The third kappa shape index (κ3) is 6.31. The van der Waals surface area contributed by atoms with E-state index in [9.17, 15) is 14.4 Å². The van der Waals surface area contributed by atoms with Crippen molar-refractivity contribution in [3.05, 3.63) is 54.1 Å². The number of thioether (sulfide) groups is 1. The molecule has 0 unspecified atom stereocenters. The number of methoxy groups -OCH3 is 1. The second-order valence-corrected chi connectivity index (χ2v) is 6.54. The zero-order valence-electron chi connectivity index (χ0n) is 15.7. The number of carbonyl (C=O) groups is 3. The molecule has 0 aliphatic carbocycles. The lowest BCUT2D eigenvalue weighted by molar-refractivity contribution is -0.114. The smallest absolute Gasteiger partial charge is 0.339 e. The van der Waals surface area contributed by atoms with Crippen LogP contribution < -0.4 is 15.4 Å². The molecule has 0 heterocycles. The minimum absolute atomic E-state index is 0.0655. The van der Waals surface area contributed by atoms with Gasteiger partial charge in [-0.2, -0.15) is 0 Å². The van der Waals surface area contributed by atoms with Gasteiger partial charge in [-0.05, 0) is 31.2 Å². The molecule has 0 aliphatic rings. The maximum Gasteiger partial charge on any atom is 0.339 e. The third-order valence-electron chi connectivity index (χ3n) is 3.53. The molecule has 0 saturated heterocycles. The van der Waals surface area contributed by atoms with E-state index >= 15 is 0 Å². The van der Waals surface area contributed by atoms with Crippen molar-refractivity contribution in [2.75, 3.05) is 35.9 Å². The van der Waals surface area contributed by atoms with Gasteiger partial charge in [0, 0.05) is 0 Å². The molecule has 0 aliphatic heterocycles. The summed E-state index contributed by atoms with van der Waals surface area (Å²) in [5.74, 6) is -0.317. The minimum atomic E-state index is -0.532. The van der Waals surface area contributed by atoms with Crippen LogP contribution in [0.1, 0.15) is 17.3 Å². The Balaban J connectivity index is 1.83. The van der Waals surface area contributed by atoms with Gasteiger partial charge in [0.1, 0.15) is 5.75 Å². The lowest BCUT2D eigenvalue weighted by Gasteiger charge is -2.11. The Labute approximate surface area is 167 Å². The Bertz CT molecular complexity index is 841. The summed E-state index contributed by atoms with van der Waals surface area (Å²) >= 11 is 1.17. The summed E-state index contributed by atoms with van der Waals surface area (Å²) in [5.41, 5.74) is 1.23. The number of benzene rings is 2. The van der Waals surface area contributed by atoms with Crippen molar-refractivity contribution >= 4 is 40.9 Å². The molecule has 7 nitrogen and oxygen atoms in total. The van der Waals surface area contributed by atoms with E-state index in [0.717, 1.165) is 0 Å². The van der Waals surface area contributed by atoms with Crippen LogP contribution in [0.3, 0.4) is 0 Å². The first-order valence-electron chi connectivity index (χ1n) is 8.61. The van der Waals surface area contributed by atoms with E-state index in [1.165, 1.54) is 18.9 Å². The zero-order chi connectivity index (χ0) is 20.4. The largest absolute Gasteiger partial charge is 0.492 e. The van der Waals surface area contributed by atoms with E-state index < -0.39 is 5.97 Å². The molecule has 28 heavy (non-hydrogen) atoms. The average molecular weight is 402 g/mol. The monoisotopic (exact) mass is 402 g/mol. The van der Waals surface area contributed by atoms with E-state index in [0.29, 0.717) is 23.7 Å². The molecule has 0 spiro atoms. The van der Waals surface area contributed by atoms with Crippen LogP contribution in [0.4, 0.5) is 11.4 Å². The number of esters is 1. The van der Waals surface area contributed by atoms with Crippen LogP contribution in [0.2, 0.25) is 0 Å². The fraction of sp³-hybridized carbons (Fsp3) is 0.250. The lowest BCUT2D eigenvalue weighted by Crippen LogP contribution is -2.20. The summed E-state index contributed by atoms with van der Waals surface area (Å²) in [6.45, 7) is 2.36. The molecule has 0 atom stereocenters. The first-order valence-corrected chi connectivity index (χ1v) is 9.77. The highest BCUT2D eigenvalue weighted by Crippen LogP contribution is 2.24. The van der Waals surface area contributed by atoms with Crippen LogP contribution in [0.5, 0.6) is 5.75 Å². The molecule has 2 aromatic rings. The summed E-state index contributed by atoms with van der Waals surface area (Å²) in [4.78, 5) is 36.0. The molecule has 0 aromatic heterocycles. The molecule has 148 valence electrons. The Hall–Kier alpha value is -3.00. The number of rotatable bonds is 9. The summed E-state index contributed by atoms with van der Waals surface area (Å²) in [6, 6.07) is 13.7. The fourth-order valence-electron chi connectivity index (χ4n) is 2.34. The predicted octanol–water partition coefficient (Wildman–Crippen LogP) is 3.18. The van der Waals surface area contributed by atoms with Gasteiger partial charge in [0.15, 0.2) is 0 Å². The van der Waals surface area contributed by atoms with Crippen molar-refractivity contribution in [3.63, 3.8) is 0 Å². The SMILES string of the molecule is CCOc1ccccc1NC(=O)CSCC(=O)Nc1ccccc1C(=O)OC. The first-order chi connectivity index (χ1) is 13.5. The Morgan fingerprint density at radius 1 is 0.893 bits per heavy atom. The van der Waals surface area contributed by atoms with E-state index in [2.05, 4.69) is 10.6 Å².